The first kappa shape index (κ1) is 14.7. The minimum atomic E-state index is -1.17. The molecule has 0 saturated carbocycles. The van der Waals surface area contributed by atoms with Crippen LogP contribution in [0.2, 0.25) is 0 Å². The first-order chi connectivity index (χ1) is 8.61. The monoisotopic (exact) mass is 268 g/mol. The quantitative estimate of drug-likeness (QED) is 0.771. The maximum Gasteiger partial charge on any atom is 0.341 e. The van der Waals surface area contributed by atoms with Gasteiger partial charge in [0.25, 0.3) is 5.56 Å². The van der Waals surface area contributed by atoms with Crippen molar-refractivity contribution in [3.8, 4) is 0 Å². The highest BCUT2D eigenvalue weighted by molar-refractivity contribution is 5.95. The van der Waals surface area contributed by atoms with Crippen LogP contribution in [-0.2, 0) is 16.1 Å². The van der Waals surface area contributed by atoms with Crippen molar-refractivity contribution in [3.63, 3.8) is 0 Å². The van der Waals surface area contributed by atoms with Gasteiger partial charge in [0.15, 0.2) is 0 Å². The zero-order valence-electron chi connectivity index (χ0n) is 11.0. The van der Waals surface area contributed by atoms with Crippen LogP contribution in [0.25, 0.3) is 0 Å². The van der Waals surface area contributed by atoms with E-state index in [0.29, 0.717) is 0 Å². The number of nitrogen functional groups attached to an aromatic ring is 1. The summed E-state index contributed by atoms with van der Waals surface area (Å²) in [6.45, 7) is 4.55. The number of esters is 1. The van der Waals surface area contributed by atoms with Crippen LogP contribution in [0.4, 0.5) is 5.69 Å². The molecule has 1 aromatic rings. The molecule has 0 saturated heterocycles. The molecule has 0 fully saturated rings. The Bertz CT molecular complexity index is 568. The number of nitrogens with zero attached hydrogens (tertiary/aromatic N) is 1. The Morgan fingerprint density at radius 3 is 2.47 bits per heavy atom. The standard InChI is InChI=1S/C12H16N2O5/c1-12(2,3)19-11(18)7-4-5-14(6-8(15)16)10(17)9(7)13/h4-5H,6,13H2,1-3H3,(H,15,16). The second-order valence-electron chi connectivity index (χ2n) is 4.97. The molecule has 1 rings (SSSR count). The molecule has 7 heteroatoms. The maximum atomic E-state index is 11.8. The maximum absolute atomic E-state index is 11.8. The van der Waals surface area contributed by atoms with Crippen molar-refractivity contribution >= 4 is 17.6 Å². The van der Waals surface area contributed by atoms with Crippen LogP contribution >= 0.6 is 0 Å². The van der Waals surface area contributed by atoms with E-state index in [1.54, 1.807) is 20.8 Å². The molecule has 0 atom stereocenters. The van der Waals surface area contributed by atoms with E-state index in [-0.39, 0.29) is 11.3 Å². The van der Waals surface area contributed by atoms with E-state index in [0.717, 1.165) is 4.57 Å². The van der Waals surface area contributed by atoms with Crippen molar-refractivity contribution in [1.82, 2.24) is 4.57 Å². The Labute approximate surface area is 109 Å². The third-order valence-corrected chi connectivity index (χ3v) is 2.13. The van der Waals surface area contributed by atoms with Crippen molar-refractivity contribution in [1.29, 1.82) is 0 Å². The van der Waals surface area contributed by atoms with Crippen LogP contribution in [0.15, 0.2) is 17.1 Å². The zero-order chi connectivity index (χ0) is 14.8. The van der Waals surface area contributed by atoms with Crippen molar-refractivity contribution in [2.45, 2.75) is 32.9 Å². The lowest BCUT2D eigenvalue weighted by Gasteiger charge is -2.20. The molecule has 0 aliphatic heterocycles. The van der Waals surface area contributed by atoms with Gasteiger partial charge in [0.2, 0.25) is 0 Å². The van der Waals surface area contributed by atoms with E-state index in [1.165, 1.54) is 12.3 Å². The van der Waals surface area contributed by atoms with Gasteiger partial charge in [-0.15, -0.1) is 0 Å². The largest absolute Gasteiger partial charge is 0.480 e. The van der Waals surface area contributed by atoms with Gasteiger partial charge in [-0.25, -0.2) is 4.79 Å². The molecule has 0 aromatic carbocycles. The van der Waals surface area contributed by atoms with Gasteiger partial charge in [-0.2, -0.15) is 0 Å². The first-order valence-electron chi connectivity index (χ1n) is 5.56. The van der Waals surface area contributed by atoms with E-state index in [2.05, 4.69) is 0 Å². The van der Waals surface area contributed by atoms with Crippen LogP contribution in [0, 0.1) is 0 Å². The molecule has 1 aromatic heterocycles. The van der Waals surface area contributed by atoms with Crippen LogP contribution < -0.4 is 11.3 Å². The second kappa shape index (κ2) is 5.13. The fraction of sp³-hybridized carbons (Fsp3) is 0.417. The summed E-state index contributed by atoms with van der Waals surface area (Å²) in [7, 11) is 0. The minimum absolute atomic E-state index is 0.0680. The Hall–Kier alpha value is -2.31. The number of carboxylic acid groups (broad SMARTS) is 1. The second-order valence-corrected chi connectivity index (χ2v) is 4.97. The molecule has 1 heterocycles. The summed E-state index contributed by atoms with van der Waals surface area (Å²) in [6, 6.07) is 1.27. The highest BCUT2D eigenvalue weighted by Crippen LogP contribution is 2.14. The van der Waals surface area contributed by atoms with Crippen LogP contribution in [-0.4, -0.2) is 27.2 Å². The van der Waals surface area contributed by atoms with Gasteiger partial charge in [-0.1, -0.05) is 0 Å². The third kappa shape index (κ3) is 3.84. The minimum Gasteiger partial charge on any atom is -0.480 e. The summed E-state index contributed by atoms with van der Waals surface area (Å²) in [4.78, 5) is 34.1. The Morgan fingerprint density at radius 2 is 2.00 bits per heavy atom. The van der Waals surface area contributed by atoms with E-state index in [1.807, 2.05) is 0 Å². The molecule has 0 radical (unpaired) electrons. The third-order valence-electron chi connectivity index (χ3n) is 2.13. The van der Waals surface area contributed by atoms with E-state index in [9.17, 15) is 14.4 Å². The lowest BCUT2D eigenvalue weighted by Crippen LogP contribution is -2.30. The Kier molecular flexibility index (Phi) is 3.98. The molecular formula is C12H16N2O5. The van der Waals surface area contributed by atoms with E-state index < -0.39 is 29.6 Å². The van der Waals surface area contributed by atoms with Crippen LogP contribution in [0.3, 0.4) is 0 Å². The Morgan fingerprint density at radius 1 is 1.42 bits per heavy atom. The molecule has 0 unspecified atom stereocenters. The lowest BCUT2D eigenvalue weighted by atomic mass is 10.1. The first-order valence-corrected chi connectivity index (χ1v) is 5.56. The predicted molar refractivity (Wildman–Crippen MR) is 67.9 cm³/mol. The summed E-state index contributed by atoms with van der Waals surface area (Å²) in [5.41, 5.74) is 3.72. The van der Waals surface area contributed by atoms with Gasteiger partial charge >= 0.3 is 11.9 Å². The summed E-state index contributed by atoms with van der Waals surface area (Å²) in [5, 5.41) is 8.62. The van der Waals surface area contributed by atoms with Gasteiger partial charge in [0.05, 0.1) is 5.56 Å². The van der Waals surface area contributed by atoms with Crippen molar-refractivity contribution in [2.75, 3.05) is 5.73 Å². The lowest BCUT2D eigenvalue weighted by molar-refractivity contribution is -0.137. The fourth-order valence-corrected chi connectivity index (χ4v) is 1.37. The van der Waals surface area contributed by atoms with Crippen molar-refractivity contribution < 1.29 is 19.4 Å². The number of nitrogens with two attached hydrogens (primary N) is 1. The fourth-order valence-electron chi connectivity index (χ4n) is 1.37. The number of aromatic nitrogens is 1. The van der Waals surface area contributed by atoms with Crippen molar-refractivity contribution in [3.05, 3.63) is 28.2 Å². The summed E-state index contributed by atoms with van der Waals surface area (Å²) in [6.07, 6.45) is 1.20. The smallest absolute Gasteiger partial charge is 0.341 e. The molecule has 0 aliphatic rings. The number of carboxylic acids is 1. The van der Waals surface area contributed by atoms with Gasteiger partial charge < -0.3 is 20.1 Å². The molecule has 3 N–H and O–H groups in total. The number of carbonyl (C=O) groups is 2. The predicted octanol–water partition coefficient (Wildman–Crippen LogP) is 0.470. The highest BCUT2D eigenvalue weighted by atomic mass is 16.6. The summed E-state index contributed by atoms with van der Waals surface area (Å²) in [5.74, 6) is -1.89. The summed E-state index contributed by atoms with van der Waals surface area (Å²) < 4.78 is 6.01. The van der Waals surface area contributed by atoms with Gasteiger partial charge in [0, 0.05) is 6.20 Å². The number of ether oxygens (including phenoxy) is 1. The number of pyridine rings is 1. The molecular weight excluding hydrogens is 252 g/mol. The number of rotatable bonds is 3. The van der Waals surface area contributed by atoms with Crippen LogP contribution in [0.5, 0.6) is 0 Å². The number of hydrogen-bond donors (Lipinski definition) is 2. The average Bonchev–Trinajstić information content (AvgIpc) is 2.21. The number of aliphatic carboxylic acids is 1. The normalized spacial score (nSPS) is 11.1. The topological polar surface area (TPSA) is 112 Å². The van der Waals surface area contributed by atoms with Crippen LogP contribution in [0.1, 0.15) is 31.1 Å². The molecule has 0 amide bonds. The van der Waals surface area contributed by atoms with Crippen molar-refractivity contribution in [2.24, 2.45) is 0 Å². The van der Waals surface area contributed by atoms with E-state index in [4.69, 9.17) is 15.6 Å². The number of hydrogen-bond acceptors (Lipinski definition) is 5. The molecule has 104 valence electrons. The zero-order valence-corrected chi connectivity index (χ0v) is 11.0. The van der Waals surface area contributed by atoms with Gasteiger partial charge in [0.1, 0.15) is 17.8 Å². The highest BCUT2D eigenvalue weighted by Gasteiger charge is 2.21. The Balaban J connectivity index is 3.13. The average molecular weight is 268 g/mol. The number of carbonyl (C=O) groups excluding carboxylic acids is 1. The molecule has 7 nitrogen and oxygen atoms in total. The molecule has 19 heavy (non-hydrogen) atoms. The molecule has 0 aliphatic carbocycles. The molecule has 0 bridgehead atoms. The number of anilines is 1. The van der Waals surface area contributed by atoms with Gasteiger partial charge in [-0.3, -0.25) is 9.59 Å². The van der Waals surface area contributed by atoms with Gasteiger partial charge in [-0.05, 0) is 26.8 Å². The SMILES string of the molecule is CC(C)(C)OC(=O)c1ccn(CC(=O)O)c(=O)c1N. The van der Waals surface area contributed by atoms with E-state index >= 15 is 0 Å². The summed E-state index contributed by atoms with van der Waals surface area (Å²) >= 11 is 0. The molecule has 0 spiro atoms.